The van der Waals surface area contributed by atoms with Crippen molar-refractivity contribution < 1.29 is 4.74 Å². The first-order chi connectivity index (χ1) is 8.60. The van der Waals surface area contributed by atoms with E-state index in [9.17, 15) is 0 Å². The molecule has 0 bridgehead atoms. The first-order valence-electron chi connectivity index (χ1n) is 6.01. The third-order valence-electron chi connectivity index (χ3n) is 3.00. The third-order valence-corrected chi connectivity index (χ3v) is 3.00. The normalized spacial score (nSPS) is 12.2. The summed E-state index contributed by atoms with van der Waals surface area (Å²) in [6.07, 6.45) is 2.00. The average Bonchev–Trinajstić information content (AvgIpc) is 2.68. The number of ether oxygens (including phenoxy) is 1. The minimum atomic E-state index is 0.235. The number of hydrogen-bond acceptors (Lipinski definition) is 3. The molecule has 1 heterocycles. The number of hydrogen-bond donors (Lipinski definition) is 1. The van der Waals surface area contributed by atoms with Crippen LogP contribution in [0.15, 0.2) is 30.5 Å². The van der Waals surface area contributed by atoms with Crippen LogP contribution in [0.25, 0.3) is 0 Å². The van der Waals surface area contributed by atoms with Crippen molar-refractivity contribution in [2.24, 2.45) is 7.05 Å². The molecule has 0 aliphatic carbocycles. The van der Waals surface area contributed by atoms with Crippen molar-refractivity contribution >= 4 is 5.69 Å². The summed E-state index contributed by atoms with van der Waals surface area (Å²) in [4.78, 5) is 0. The minimum Gasteiger partial charge on any atom is -0.497 e. The summed E-state index contributed by atoms with van der Waals surface area (Å²) in [5, 5.41) is 7.78. The second-order valence-electron chi connectivity index (χ2n) is 4.44. The second-order valence-corrected chi connectivity index (χ2v) is 4.44. The van der Waals surface area contributed by atoms with E-state index in [1.807, 2.05) is 37.0 Å². The first-order valence-corrected chi connectivity index (χ1v) is 6.01. The zero-order valence-corrected chi connectivity index (χ0v) is 11.3. The quantitative estimate of drug-likeness (QED) is 0.900. The number of nitrogens with one attached hydrogen (secondary N) is 1. The second kappa shape index (κ2) is 5.12. The van der Waals surface area contributed by atoms with Crippen LogP contribution in [0.2, 0.25) is 0 Å². The molecule has 0 spiro atoms. The van der Waals surface area contributed by atoms with Crippen molar-refractivity contribution in [2.75, 3.05) is 12.4 Å². The van der Waals surface area contributed by atoms with E-state index in [0.29, 0.717) is 0 Å². The molecular weight excluding hydrogens is 226 g/mol. The summed E-state index contributed by atoms with van der Waals surface area (Å²) in [7, 11) is 3.60. The largest absolute Gasteiger partial charge is 0.497 e. The Bertz CT molecular complexity index is 516. The van der Waals surface area contributed by atoms with Crippen molar-refractivity contribution in [3.05, 3.63) is 41.7 Å². The predicted octanol–water partition coefficient (Wildman–Crippen LogP) is 2.91. The van der Waals surface area contributed by atoms with Crippen LogP contribution in [0.3, 0.4) is 0 Å². The van der Waals surface area contributed by atoms with Gasteiger partial charge in [-0.25, -0.2) is 0 Å². The predicted molar refractivity (Wildman–Crippen MR) is 73.0 cm³/mol. The molecule has 0 amide bonds. The van der Waals surface area contributed by atoms with Crippen molar-refractivity contribution in [1.29, 1.82) is 0 Å². The van der Waals surface area contributed by atoms with Gasteiger partial charge < -0.3 is 10.1 Å². The molecule has 4 heteroatoms. The van der Waals surface area contributed by atoms with Crippen LogP contribution in [0, 0.1) is 6.92 Å². The number of benzene rings is 1. The Kier molecular flexibility index (Phi) is 3.55. The molecule has 1 unspecified atom stereocenters. The lowest BCUT2D eigenvalue weighted by molar-refractivity contribution is 0.414. The topological polar surface area (TPSA) is 39.1 Å². The van der Waals surface area contributed by atoms with E-state index in [2.05, 4.69) is 29.5 Å². The Labute approximate surface area is 108 Å². The van der Waals surface area contributed by atoms with E-state index in [1.165, 1.54) is 5.56 Å². The summed E-state index contributed by atoms with van der Waals surface area (Å²) in [5.74, 6) is 0.878. The number of aromatic nitrogens is 2. The number of nitrogens with zero attached hydrogens (tertiary/aromatic N) is 2. The van der Waals surface area contributed by atoms with Gasteiger partial charge in [-0.15, -0.1) is 0 Å². The fourth-order valence-electron chi connectivity index (χ4n) is 1.95. The molecule has 96 valence electrons. The molecule has 0 radical (unpaired) electrons. The standard InChI is InChI=1S/C14H19N3O/c1-10(12-5-7-13(18-4)8-6-12)15-14-9-17(3)16-11(14)2/h5-10,15H,1-4H3. The molecule has 0 saturated heterocycles. The maximum Gasteiger partial charge on any atom is 0.118 e. The van der Waals surface area contributed by atoms with E-state index in [-0.39, 0.29) is 6.04 Å². The molecule has 0 saturated carbocycles. The number of aryl methyl sites for hydroxylation is 2. The van der Waals surface area contributed by atoms with E-state index in [4.69, 9.17) is 4.74 Å². The first kappa shape index (κ1) is 12.5. The van der Waals surface area contributed by atoms with Gasteiger partial charge in [0.2, 0.25) is 0 Å². The van der Waals surface area contributed by atoms with Crippen LogP contribution in [-0.2, 0) is 7.05 Å². The highest BCUT2D eigenvalue weighted by Gasteiger charge is 2.09. The Hall–Kier alpha value is -1.97. The lowest BCUT2D eigenvalue weighted by Crippen LogP contribution is -2.06. The molecule has 1 aromatic carbocycles. The van der Waals surface area contributed by atoms with Gasteiger partial charge in [-0.05, 0) is 31.5 Å². The fraction of sp³-hybridized carbons (Fsp3) is 0.357. The van der Waals surface area contributed by atoms with E-state index in [0.717, 1.165) is 17.1 Å². The highest BCUT2D eigenvalue weighted by molar-refractivity contribution is 5.47. The monoisotopic (exact) mass is 245 g/mol. The number of anilines is 1. The smallest absolute Gasteiger partial charge is 0.118 e. The Morgan fingerprint density at radius 3 is 2.44 bits per heavy atom. The SMILES string of the molecule is COc1ccc(C(C)Nc2cn(C)nc2C)cc1. The van der Waals surface area contributed by atoms with Gasteiger partial charge in [0.1, 0.15) is 5.75 Å². The van der Waals surface area contributed by atoms with E-state index < -0.39 is 0 Å². The van der Waals surface area contributed by atoms with Crippen LogP contribution in [-0.4, -0.2) is 16.9 Å². The zero-order valence-electron chi connectivity index (χ0n) is 11.3. The molecule has 1 atom stereocenters. The van der Waals surface area contributed by atoms with Crippen LogP contribution >= 0.6 is 0 Å². The summed E-state index contributed by atoms with van der Waals surface area (Å²) >= 11 is 0. The molecule has 18 heavy (non-hydrogen) atoms. The summed E-state index contributed by atoms with van der Waals surface area (Å²) in [5.41, 5.74) is 3.30. The zero-order chi connectivity index (χ0) is 13.1. The average molecular weight is 245 g/mol. The molecular formula is C14H19N3O. The molecule has 1 aromatic heterocycles. The Balaban J connectivity index is 2.11. The Morgan fingerprint density at radius 2 is 1.94 bits per heavy atom. The third kappa shape index (κ3) is 2.64. The van der Waals surface area contributed by atoms with Crippen molar-refractivity contribution in [3.8, 4) is 5.75 Å². The molecule has 0 aliphatic rings. The van der Waals surface area contributed by atoms with Gasteiger partial charge in [0.05, 0.1) is 18.5 Å². The molecule has 2 aromatic rings. The van der Waals surface area contributed by atoms with E-state index >= 15 is 0 Å². The van der Waals surface area contributed by atoms with Gasteiger partial charge in [-0.2, -0.15) is 5.10 Å². The highest BCUT2D eigenvalue weighted by Crippen LogP contribution is 2.22. The highest BCUT2D eigenvalue weighted by atomic mass is 16.5. The molecule has 0 aliphatic heterocycles. The van der Waals surface area contributed by atoms with Crippen LogP contribution < -0.4 is 10.1 Å². The summed E-state index contributed by atoms with van der Waals surface area (Å²) in [6, 6.07) is 8.33. The minimum absolute atomic E-state index is 0.235. The van der Waals surface area contributed by atoms with Gasteiger partial charge in [-0.1, -0.05) is 12.1 Å². The van der Waals surface area contributed by atoms with Gasteiger partial charge in [0, 0.05) is 19.3 Å². The maximum absolute atomic E-state index is 5.16. The summed E-state index contributed by atoms with van der Waals surface area (Å²) in [6.45, 7) is 4.14. The lowest BCUT2D eigenvalue weighted by Gasteiger charge is -2.15. The molecule has 4 nitrogen and oxygen atoms in total. The van der Waals surface area contributed by atoms with Crippen molar-refractivity contribution in [3.63, 3.8) is 0 Å². The van der Waals surface area contributed by atoms with E-state index in [1.54, 1.807) is 7.11 Å². The molecule has 0 fully saturated rings. The van der Waals surface area contributed by atoms with Gasteiger partial charge in [0.25, 0.3) is 0 Å². The molecule has 2 rings (SSSR count). The summed E-state index contributed by atoms with van der Waals surface area (Å²) < 4.78 is 6.97. The number of rotatable bonds is 4. The van der Waals surface area contributed by atoms with Crippen LogP contribution in [0.5, 0.6) is 5.75 Å². The maximum atomic E-state index is 5.16. The van der Waals surface area contributed by atoms with Gasteiger partial charge in [-0.3, -0.25) is 4.68 Å². The van der Waals surface area contributed by atoms with Crippen molar-refractivity contribution in [2.45, 2.75) is 19.9 Å². The van der Waals surface area contributed by atoms with Crippen LogP contribution in [0.4, 0.5) is 5.69 Å². The van der Waals surface area contributed by atoms with Gasteiger partial charge >= 0.3 is 0 Å². The molecule has 1 N–H and O–H groups in total. The lowest BCUT2D eigenvalue weighted by atomic mass is 10.1. The van der Waals surface area contributed by atoms with Gasteiger partial charge in [0.15, 0.2) is 0 Å². The Morgan fingerprint density at radius 1 is 1.28 bits per heavy atom. The fourth-order valence-corrected chi connectivity index (χ4v) is 1.95. The van der Waals surface area contributed by atoms with Crippen molar-refractivity contribution in [1.82, 2.24) is 9.78 Å². The number of methoxy groups -OCH3 is 1. The van der Waals surface area contributed by atoms with Crippen LogP contribution in [0.1, 0.15) is 24.2 Å².